The van der Waals surface area contributed by atoms with E-state index in [1.807, 2.05) is 0 Å². The summed E-state index contributed by atoms with van der Waals surface area (Å²) in [6, 6.07) is 0. The topological polar surface area (TPSA) is 0 Å². The van der Waals surface area contributed by atoms with Crippen molar-refractivity contribution in [1.82, 2.24) is 0 Å². The molecular weight excluding hydrogens is 399 g/mol. The minimum Gasteiger partial charge on any atom is -0.200 e. The van der Waals surface area contributed by atoms with Gasteiger partial charge in [-0.2, -0.15) is 35.1 Å². The second kappa shape index (κ2) is 6.30. The minimum atomic E-state index is -4.73. The van der Waals surface area contributed by atoms with Crippen LogP contribution in [0.3, 0.4) is 0 Å². The quantitative estimate of drug-likeness (QED) is 0.279. The fourth-order valence-electron chi connectivity index (χ4n) is 1.24. The van der Waals surface area contributed by atoms with Gasteiger partial charge < -0.3 is 0 Å². The molecule has 0 N–H and O–H groups in total. The Kier molecular flexibility index (Phi) is 6.35. The van der Waals surface area contributed by atoms with Crippen molar-refractivity contribution in [2.24, 2.45) is 0 Å². The van der Waals surface area contributed by atoms with Crippen LogP contribution in [0.15, 0.2) is 0 Å². The van der Waals surface area contributed by atoms with Gasteiger partial charge in [-0.05, 0) is 0 Å². The second-order valence-corrected chi connectivity index (χ2v) is 5.19. The Morgan fingerprint density at radius 1 is 0.632 bits per heavy atom. The molecule has 0 aliphatic carbocycles. The van der Waals surface area contributed by atoms with Crippen LogP contribution in [0.2, 0.25) is 0 Å². The summed E-state index contributed by atoms with van der Waals surface area (Å²) in [6.07, 6.45) is -6.43. The summed E-state index contributed by atoms with van der Waals surface area (Å²) < 4.78 is 103. The van der Waals surface area contributed by atoms with Crippen molar-refractivity contribution < 1.29 is 35.1 Å². The molecule has 9 heteroatoms. The van der Waals surface area contributed by atoms with Crippen LogP contribution in [0.1, 0.15) is 32.6 Å². The second-order valence-electron chi connectivity index (χ2n) is 4.11. The molecule has 0 radical (unpaired) electrons. The summed E-state index contributed by atoms with van der Waals surface area (Å²) in [5.41, 5.74) is 0. The largest absolute Gasteiger partial charge is 0.310 e. The number of hydrogen-bond donors (Lipinski definition) is 0. The Labute approximate surface area is 119 Å². The molecule has 0 saturated heterocycles. The third-order valence-electron chi connectivity index (χ3n) is 2.68. The predicted octanol–water partition coefficient (Wildman–Crippen LogP) is 5.54. The lowest BCUT2D eigenvalue weighted by Crippen LogP contribution is -2.45. The first-order valence-corrected chi connectivity index (χ1v) is 6.93. The van der Waals surface area contributed by atoms with Gasteiger partial charge in [-0.25, -0.2) is 0 Å². The minimum absolute atomic E-state index is 0.304. The van der Waals surface area contributed by atoms with E-state index < -0.39 is 49.4 Å². The van der Waals surface area contributed by atoms with Gasteiger partial charge in [0, 0.05) is 30.1 Å². The number of hydrogen-bond acceptors (Lipinski definition) is 0. The summed E-state index contributed by atoms with van der Waals surface area (Å²) >= 11 is 1.43. The van der Waals surface area contributed by atoms with E-state index in [-0.39, 0.29) is 4.43 Å². The van der Waals surface area contributed by atoms with Crippen LogP contribution in [0, 0.1) is 0 Å². The lowest BCUT2D eigenvalue weighted by Gasteiger charge is -2.30. The van der Waals surface area contributed by atoms with Gasteiger partial charge in [-0.1, -0.05) is 29.5 Å². The first-order valence-electron chi connectivity index (χ1n) is 5.40. The van der Waals surface area contributed by atoms with Crippen LogP contribution in [-0.4, -0.2) is 28.1 Å². The molecule has 0 nitrogen and oxygen atoms in total. The average Bonchev–Trinajstić information content (AvgIpc) is 2.26. The Hall–Kier alpha value is 0.170. The summed E-state index contributed by atoms with van der Waals surface area (Å²) in [5, 5.41) is 0. The summed E-state index contributed by atoms with van der Waals surface area (Å²) in [6.45, 7) is 0.761. The fraction of sp³-hybridized carbons (Fsp3) is 1.00. The van der Waals surface area contributed by atoms with E-state index in [4.69, 9.17) is 0 Å². The first kappa shape index (κ1) is 19.2. The van der Waals surface area contributed by atoms with Crippen molar-refractivity contribution in [3.63, 3.8) is 0 Å². The third kappa shape index (κ3) is 4.59. The van der Waals surface area contributed by atoms with Crippen LogP contribution in [0.25, 0.3) is 0 Å². The molecule has 0 fully saturated rings. The normalized spacial score (nSPS) is 14.8. The average molecular weight is 412 g/mol. The molecular formula is C10H13F8I. The van der Waals surface area contributed by atoms with Crippen molar-refractivity contribution in [2.45, 2.75) is 56.3 Å². The van der Waals surface area contributed by atoms with E-state index in [0.717, 1.165) is 6.92 Å². The molecule has 0 aliphatic heterocycles. The molecule has 0 spiro atoms. The molecule has 19 heavy (non-hydrogen) atoms. The fourth-order valence-corrected chi connectivity index (χ4v) is 1.92. The van der Waals surface area contributed by atoms with E-state index in [1.54, 1.807) is 0 Å². The predicted molar refractivity (Wildman–Crippen MR) is 62.8 cm³/mol. The van der Waals surface area contributed by atoms with E-state index >= 15 is 0 Å². The number of alkyl halides is 9. The zero-order valence-electron chi connectivity index (χ0n) is 9.94. The van der Waals surface area contributed by atoms with Crippen LogP contribution in [0.4, 0.5) is 35.1 Å². The molecule has 0 amide bonds. The smallest absolute Gasteiger partial charge is 0.200 e. The van der Waals surface area contributed by atoms with Crippen LogP contribution in [-0.2, 0) is 0 Å². The number of halogens is 9. The van der Waals surface area contributed by atoms with E-state index in [2.05, 4.69) is 0 Å². The van der Waals surface area contributed by atoms with Gasteiger partial charge in [0.05, 0.1) is 0 Å². The Morgan fingerprint density at radius 3 is 1.26 bits per heavy atom. The molecule has 0 aromatic heterocycles. The Balaban J connectivity index is 4.80. The molecule has 0 atom stereocenters. The third-order valence-corrected chi connectivity index (χ3v) is 3.22. The van der Waals surface area contributed by atoms with Crippen LogP contribution < -0.4 is 0 Å². The standard InChI is InChI=1S/C10H13F8I/c1-2-7(11,12)8(13,14)3-4-9(15,16)10(17,18)5-6-19/h2-6H2,1H3. The van der Waals surface area contributed by atoms with E-state index in [1.165, 1.54) is 22.6 Å². The monoisotopic (exact) mass is 412 g/mol. The summed E-state index contributed by atoms with van der Waals surface area (Å²) in [7, 11) is 0. The Bertz CT molecular complexity index is 289. The van der Waals surface area contributed by atoms with Gasteiger partial charge in [0.15, 0.2) is 0 Å². The molecule has 0 unspecified atom stereocenters. The maximum absolute atomic E-state index is 13.1. The van der Waals surface area contributed by atoms with Gasteiger partial charge in [-0.3, -0.25) is 0 Å². The van der Waals surface area contributed by atoms with Crippen molar-refractivity contribution in [2.75, 3.05) is 4.43 Å². The molecule has 0 aromatic carbocycles. The SMILES string of the molecule is CCC(F)(F)C(F)(F)CCC(F)(F)C(F)(F)CCI. The highest BCUT2D eigenvalue weighted by Gasteiger charge is 2.60. The highest BCUT2D eigenvalue weighted by atomic mass is 127. The van der Waals surface area contributed by atoms with Crippen LogP contribution >= 0.6 is 22.6 Å². The van der Waals surface area contributed by atoms with Crippen LogP contribution in [0.5, 0.6) is 0 Å². The lowest BCUT2D eigenvalue weighted by atomic mass is 9.97. The zero-order valence-corrected chi connectivity index (χ0v) is 12.1. The van der Waals surface area contributed by atoms with Gasteiger partial charge >= 0.3 is 23.7 Å². The maximum atomic E-state index is 13.1. The van der Waals surface area contributed by atoms with E-state index in [9.17, 15) is 35.1 Å². The summed E-state index contributed by atoms with van der Waals surface area (Å²) in [4.78, 5) is 0. The molecule has 0 heterocycles. The molecule has 116 valence electrons. The molecule has 0 bridgehead atoms. The lowest BCUT2D eigenvalue weighted by molar-refractivity contribution is -0.244. The highest BCUT2D eigenvalue weighted by Crippen LogP contribution is 2.46. The van der Waals surface area contributed by atoms with E-state index in [0.29, 0.717) is 0 Å². The molecule has 0 aliphatic rings. The molecule has 0 saturated carbocycles. The van der Waals surface area contributed by atoms with Gasteiger partial charge in [0.25, 0.3) is 0 Å². The van der Waals surface area contributed by atoms with Crippen molar-refractivity contribution >= 4 is 22.6 Å². The van der Waals surface area contributed by atoms with Gasteiger partial charge in [0.2, 0.25) is 0 Å². The van der Waals surface area contributed by atoms with Crippen molar-refractivity contribution in [3.8, 4) is 0 Å². The number of rotatable bonds is 8. The van der Waals surface area contributed by atoms with Gasteiger partial charge in [0.1, 0.15) is 0 Å². The molecule has 0 aromatic rings. The maximum Gasteiger partial charge on any atom is 0.310 e. The molecule has 0 rings (SSSR count). The zero-order chi connectivity index (χ0) is 15.5. The highest BCUT2D eigenvalue weighted by molar-refractivity contribution is 14.1. The first-order chi connectivity index (χ1) is 8.33. The van der Waals surface area contributed by atoms with Gasteiger partial charge in [-0.15, -0.1) is 0 Å². The van der Waals surface area contributed by atoms with Crippen molar-refractivity contribution in [1.29, 1.82) is 0 Å². The van der Waals surface area contributed by atoms with Crippen molar-refractivity contribution in [3.05, 3.63) is 0 Å². The Morgan fingerprint density at radius 2 is 0.947 bits per heavy atom. The summed E-state index contributed by atoms with van der Waals surface area (Å²) in [5.74, 6) is -18.4.